The number of esters is 1. The fourth-order valence-electron chi connectivity index (χ4n) is 1.03. The summed E-state index contributed by atoms with van der Waals surface area (Å²) in [6, 6.07) is 0. The molecule has 0 saturated carbocycles. The zero-order valence-electron chi connectivity index (χ0n) is 8.57. The molecule has 1 rings (SSSR count). The molecule has 0 radical (unpaired) electrons. The molecule has 14 heavy (non-hydrogen) atoms. The highest BCUT2D eigenvalue weighted by atomic mass is 16.5. The molecule has 0 atom stereocenters. The largest absolute Gasteiger partial charge is 0.461 e. The second-order valence-corrected chi connectivity index (χ2v) is 3.08. The lowest BCUT2D eigenvalue weighted by molar-refractivity contribution is 0.0517. The predicted octanol–water partition coefficient (Wildman–Crippen LogP) is 0.0430. The van der Waals surface area contributed by atoms with Gasteiger partial charge in [-0.15, -0.1) is 5.10 Å². The molecule has 0 aromatic carbocycles. The minimum atomic E-state index is -0.432. The molecule has 0 aliphatic rings. The quantitative estimate of drug-likeness (QED) is 0.692. The van der Waals surface area contributed by atoms with E-state index >= 15 is 0 Å². The Hall–Kier alpha value is -1.43. The van der Waals surface area contributed by atoms with Gasteiger partial charge >= 0.3 is 5.97 Å². The van der Waals surface area contributed by atoms with Crippen molar-refractivity contribution in [1.82, 2.24) is 20.3 Å². The first-order chi connectivity index (χ1) is 6.65. The SMILES string of the molecule is CCOC(=O)c1n[nH]nc1CN(C)C. The summed E-state index contributed by atoms with van der Waals surface area (Å²) in [6.07, 6.45) is 0. The molecule has 0 bridgehead atoms. The van der Waals surface area contributed by atoms with Crippen LogP contribution in [0.2, 0.25) is 0 Å². The molecule has 0 aliphatic carbocycles. The predicted molar refractivity (Wildman–Crippen MR) is 49.7 cm³/mol. The van der Waals surface area contributed by atoms with Crippen molar-refractivity contribution < 1.29 is 9.53 Å². The van der Waals surface area contributed by atoms with Gasteiger partial charge < -0.3 is 9.64 Å². The standard InChI is InChI=1S/C8H14N4O2/c1-4-14-8(13)7-6(5-12(2)3)9-11-10-7/h4-5H2,1-3H3,(H,9,10,11). The van der Waals surface area contributed by atoms with Gasteiger partial charge in [0, 0.05) is 6.54 Å². The van der Waals surface area contributed by atoms with Crippen molar-refractivity contribution >= 4 is 5.97 Å². The number of H-pyrrole nitrogens is 1. The Morgan fingerprint density at radius 2 is 2.21 bits per heavy atom. The first kappa shape index (κ1) is 10.6. The van der Waals surface area contributed by atoms with Crippen molar-refractivity contribution in [3.05, 3.63) is 11.4 Å². The summed E-state index contributed by atoms with van der Waals surface area (Å²) in [5.74, 6) is -0.432. The second kappa shape index (κ2) is 4.71. The van der Waals surface area contributed by atoms with E-state index in [0.29, 0.717) is 18.8 Å². The van der Waals surface area contributed by atoms with E-state index in [4.69, 9.17) is 4.74 Å². The van der Waals surface area contributed by atoms with Crippen LogP contribution in [0.1, 0.15) is 23.1 Å². The molecule has 0 saturated heterocycles. The van der Waals surface area contributed by atoms with E-state index in [-0.39, 0.29) is 5.69 Å². The van der Waals surface area contributed by atoms with Crippen LogP contribution in [0.25, 0.3) is 0 Å². The maximum Gasteiger partial charge on any atom is 0.360 e. The first-order valence-corrected chi connectivity index (χ1v) is 4.36. The summed E-state index contributed by atoms with van der Waals surface area (Å²) >= 11 is 0. The third-order valence-corrected chi connectivity index (χ3v) is 1.55. The van der Waals surface area contributed by atoms with Crippen molar-refractivity contribution in [2.45, 2.75) is 13.5 Å². The highest BCUT2D eigenvalue weighted by molar-refractivity contribution is 5.88. The molecular formula is C8H14N4O2. The summed E-state index contributed by atoms with van der Waals surface area (Å²) < 4.78 is 4.83. The molecule has 0 unspecified atom stereocenters. The molecule has 0 fully saturated rings. The summed E-state index contributed by atoms with van der Waals surface area (Å²) in [7, 11) is 3.78. The number of nitrogens with zero attached hydrogens (tertiary/aromatic N) is 3. The molecule has 1 aromatic rings. The molecule has 1 heterocycles. The van der Waals surface area contributed by atoms with Crippen molar-refractivity contribution in [3.8, 4) is 0 Å². The molecule has 0 aliphatic heterocycles. The molecule has 1 N–H and O–H groups in total. The number of hydrogen-bond acceptors (Lipinski definition) is 5. The normalized spacial score (nSPS) is 10.6. The van der Waals surface area contributed by atoms with Crippen LogP contribution in [0.4, 0.5) is 0 Å². The minimum absolute atomic E-state index is 0.264. The van der Waals surface area contributed by atoms with E-state index in [1.54, 1.807) is 6.92 Å². The molecular weight excluding hydrogens is 184 g/mol. The Morgan fingerprint density at radius 1 is 1.50 bits per heavy atom. The number of carbonyl (C=O) groups is 1. The number of hydrogen-bond donors (Lipinski definition) is 1. The van der Waals surface area contributed by atoms with Gasteiger partial charge in [0.05, 0.1) is 6.61 Å². The summed E-state index contributed by atoms with van der Waals surface area (Å²) in [4.78, 5) is 13.2. The minimum Gasteiger partial charge on any atom is -0.461 e. The average Bonchev–Trinajstić information content (AvgIpc) is 2.51. The molecule has 1 aromatic heterocycles. The highest BCUT2D eigenvalue weighted by Gasteiger charge is 2.17. The highest BCUT2D eigenvalue weighted by Crippen LogP contribution is 2.04. The van der Waals surface area contributed by atoms with E-state index in [1.807, 2.05) is 19.0 Å². The Balaban J connectivity index is 2.76. The van der Waals surface area contributed by atoms with Crippen LogP contribution in [0.15, 0.2) is 0 Å². The number of carbonyl (C=O) groups excluding carboxylic acids is 1. The lowest BCUT2D eigenvalue weighted by Crippen LogP contribution is -2.15. The Kier molecular flexibility index (Phi) is 3.58. The number of ether oxygens (including phenoxy) is 1. The molecule has 78 valence electrons. The van der Waals surface area contributed by atoms with Gasteiger partial charge in [-0.1, -0.05) is 0 Å². The van der Waals surface area contributed by atoms with Crippen LogP contribution in [-0.2, 0) is 11.3 Å². The zero-order chi connectivity index (χ0) is 10.6. The van der Waals surface area contributed by atoms with Crippen LogP contribution in [0.3, 0.4) is 0 Å². The van der Waals surface area contributed by atoms with Gasteiger partial charge in [0.1, 0.15) is 5.69 Å². The lowest BCUT2D eigenvalue weighted by Gasteiger charge is -2.07. The van der Waals surface area contributed by atoms with Gasteiger partial charge in [-0.2, -0.15) is 10.3 Å². The van der Waals surface area contributed by atoms with Gasteiger partial charge in [0.25, 0.3) is 0 Å². The fourth-order valence-corrected chi connectivity index (χ4v) is 1.03. The van der Waals surface area contributed by atoms with Gasteiger partial charge in [-0.25, -0.2) is 4.79 Å². The summed E-state index contributed by atoms with van der Waals surface area (Å²) in [5, 5.41) is 10.0. The van der Waals surface area contributed by atoms with E-state index in [9.17, 15) is 4.79 Å². The van der Waals surface area contributed by atoms with Crippen molar-refractivity contribution in [3.63, 3.8) is 0 Å². The second-order valence-electron chi connectivity index (χ2n) is 3.08. The van der Waals surface area contributed by atoms with Crippen LogP contribution < -0.4 is 0 Å². The summed E-state index contributed by atoms with van der Waals surface area (Å²) in [6.45, 7) is 2.65. The number of rotatable bonds is 4. The van der Waals surface area contributed by atoms with Gasteiger partial charge in [-0.05, 0) is 21.0 Å². The summed E-state index contributed by atoms with van der Waals surface area (Å²) in [5.41, 5.74) is 0.869. The fraction of sp³-hybridized carbons (Fsp3) is 0.625. The molecule has 0 spiro atoms. The molecule has 0 amide bonds. The van der Waals surface area contributed by atoms with E-state index in [0.717, 1.165) is 0 Å². The van der Waals surface area contributed by atoms with E-state index < -0.39 is 5.97 Å². The van der Waals surface area contributed by atoms with Crippen LogP contribution in [0, 0.1) is 0 Å². The lowest BCUT2D eigenvalue weighted by atomic mass is 10.3. The van der Waals surface area contributed by atoms with E-state index in [2.05, 4.69) is 15.4 Å². The first-order valence-electron chi connectivity index (χ1n) is 4.36. The Labute approximate surface area is 82.2 Å². The third-order valence-electron chi connectivity index (χ3n) is 1.55. The van der Waals surface area contributed by atoms with Crippen molar-refractivity contribution in [2.24, 2.45) is 0 Å². The average molecular weight is 198 g/mol. The van der Waals surface area contributed by atoms with Crippen LogP contribution >= 0.6 is 0 Å². The topological polar surface area (TPSA) is 71.1 Å². The maximum absolute atomic E-state index is 11.3. The molecule has 6 heteroatoms. The Bertz CT molecular complexity index is 308. The number of aromatic amines is 1. The van der Waals surface area contributed by atoms with Crippen LogP contribution in [-0.4, -0.2) is 47.0 Å². The maximum atomic E-state index is 11.3. The Morgan fingerprint density at radius 3 is 2.79 bits per heavy atom. The van der Waals surface area contributed by atoms with Gasteiger partial charge in [0.15, 0.2) is 5.69 Å². The van der Waals surface area contributed by atoms with Crippen molar-refractivity contribution in [1.29, 1.82) is 0 Å². The molecule has 6 nitrogen and oxygen atoms in total. The number of nitrogens with one attached hydrogen (secondary N) is 1. The van der Waals surface area contributed by atoms with Crippen LogP contribution in [0.5, 0.6) is 0 Å². The van der Waals surface area contributed by atoms with Gasteiger partial charge in [-0.3, -0.25) is 0 Å². The smallest absolute Gasteiger partial charge is 0.360 e. The number of aromatic nitrogens is 3. The third kappa shape index (κ3) is 2.53. The van der Waals surface area contributed by atoms with E-state index in [1.165, 1.54) is 0 Å². The monoisotopic (exact) mass is 198 g/mol. The van der Waals surface area contributed by atoms with Gasteiger partial charge in [0.2, 0.25) is 0 Å². The van der Waals surface area contributed by atoms with Crippen molar-refractivity contribution in [2.75, 3.05) is 20.7 Å². The zero-order valence-corrected chi connectivity index (χ0v) is 8.57.